The minimum atomic E-state index is 0.0264. The van der Waals surface area contributed by atoms with Crippen molar-refractivity contribution in [1.29, 1.82) is 0 Å². The van der Waals surface area contributed by atoms with Crippen molar-refractivity contribution in [3.05, 3.63) is 12.4 Å². The van der Waals surface area contributed by atoms with Crippen molar-refractivity contribution in [1.82, 2.24) is 9.80 Å². The summed E-state index contributed by atoms with van der Waals surface area (Å²) in [5, 5.41) is 0. The van der Waals surface area contributed by atoms with Crippen LogP contribution < -0.4 is 0 Å². The molecule has 0 N–H and O–H groups in total. The molecule has 0 aliphatic carbocycles. The van der Waals surface area contributed by atoms with Crippen LogP contribution in [0.15, 0.2) is 12.4 Å². The molecule has 112 valence electrons. The minimum absolute atomic E-state index is 0.0264. The first-order valence-corrected chi connectivity index (χ1v) is 8.49. The fourth-order valence-electron chi connectivity index (χ4n) is 2.53. The van der Waals surface area contributed by atoms with Crippen LogP contribution in [-0.4, -0.2) is 29.0 Å². The molecule has 1 aliphatic heterocycles. The van der Waals surface area contributed by atoms with Crippen molar-refractivity contribution in [2.45, 2.75) is 76.8 Å². The Hall–Kier alpha value is -0.370. The second-order valence-electron chi connectivity index (χ2n) is 5.69. The second-order valence-corrected chi connectivity index (χ2v) is 6.08. The van der Waals surface area contributed by atoms with E-state index in [1.165, 1.54) is 64.2 Å². The molecule has 1 rings (SSSR count). The van der Waals surface area contributed by atoms with Crippen LogP contribution in [-0.2, 0) is 0 Å². The molecule has 1 aliphatic rings. The predicted molar refractivity (Wildman–Crippen MR) is 85.1 cm³/mol. The Labute approximate surface area is 124 Å². The van der Waals surface area contributed by atoms with Crippen molar-refractivity contribution in [3.8, 4) is 0 Å². The van der Waals surface area contributed by atoms with Crippen molar-refractivity contribution in [2.24, 2.45) is 0 Å². The number of hydrogen-bond acceptors (Lipinski definition) is 2. The Bertz CT molecular complexity index is 243. The fraction of sp³-hybridized carbons (Fsp3) is 0.875. The molecule has 19 heavy (non-hydrogen) atoms. The summed E-state index contributed by atoms with van der Waals surface area (Å²) in [4.78, 5) is 4.25. The fourth-order valence-corrected chi connectivity index (χ4v) is 2.76. The van der Waals surface area contributed by atoms with Crippen LogP contribution in [0.25, 0.3) is 0 Å². The van der Waals surface area contributed by atoms with Crippen molar-refractivity contribution in [2.75, 3.05) is 13.6 Å². The molecule has 0 aromatic heterocycles. The summed E-state index contributed by atoms with van der Waals surface area (Å²) in [7, 11) is 2.02. The van der Waals surface area contributed by atoms with E-state index in [-0.39, 0.29) is 5.62 Å². The van der Waals surface area contributed by atoms with Crippen LogP contribution in [0.2, 0.25) is 0 Å². The van der Waals surface area contributed by atoms with Gasteiger partial charge in [0.1, 0.15) is 0 Å². The van der Waals surface area contributed by atoms with Crippen molar-refractivity contribution >= 4 is 11.6 Å². The zero-order chi connectivity index (χ0) is 13.9. The molecular formula is C16H31ClN2. The summed E-state index contributed by atoms with van der Waals surface area (Å²) in [6.45, 7) is 3.37. The number of alkyl halides is 1. The summed E-state index contributed by atoms with van der Waals surface area (Å²) in [5.74, 6) is 0. The second kappa shape index (κ2) is 10.4. The van der Waals surface area contributed by atoms with E-state index in [0.717, 1.165) is 6.54 Å². The van der Waals surface area contributed by atoms with Crippen LogP contribution in [0.5, 0.6) is 0 Å². The highest BCUT2D eigenvalue weighted by Gasteiger charge is 2.19. The van der Waals surface area contributed by atoms with Gasteiger partial charge < -0.3 is 9.80 Å². The average Bonchev–Trinajstić information content (AvgIpc) is 2.73. The molecule has 1 atom stereocenters. The Morgan fingerprint density at radius 1 is 0.842 bits per heavy atom. The number of nitrogens with zero attached hydrogens (tertiary/aromatic N) is 2. The highest BCUT2D eigenvalue weighted by molar-refractivity contribution is 6.20. The summed E-state index contributed by atoms with van der Waals surface area (Å²) in [6.07, 6.45) is 18.0. The molecule has 3 heteroatoms. The van der Waals surface area contributed by atoms with E-state index >= 15 is 0 Å². The largest absolute Gasteiger partial charge is 0.347 e. The molecule has 0 bridgehead atoms. The maximum atomic E-state index is 6.24. The average molecular weight is 287 g/mol. The van der Waals surface area contributed by atoms with Gasteiger partial charge in [0.15, 0.2) is 5.62 Å². The Balaban J connectivity index is 1.83. The molecule has 0 amide bonds. The third-order valence-corrected chi connectivity index (χ3v) is 4.43. The minimum Gasteiger partial charge on any atom is -0.347 e. The van der Waals surface area contributed by atoms with Gasteiger partial charge in [-0.05, 0) is 6.42 Å². The summed E-state index contributed by atoms with van der Waals surface area (Å²) in [6, 6.07) is 0. The first-order chi connectivity index (χ1) is 9.25. The van der Waals surface area contributed by atoms with Gasteiger partial charge >= 0.3 is 0 Å². The lowest BCUT2D eigenvalue weighted by Gasteiger charge is -2.24. The molecule has 0 radical (unpaired) electrons. The van der Waals surface area contributed by atoms with E-state index in [1.54, 1.807) is 0 Å². The van der Waals surface area contributed by atoms with Gasteiger partial charge in [0.2, 0.25) is 0 Å². The zero-order valence-corrected chi connectivity index (χ0v) is 13.5. The lowest BCUT2D eigenvalue weighted by atomic mass is 10.1. The van der Waals surface area contributed by atoms with Gasteiger partial charge in [-0.1, -0.05) is 76.3 Å². The molecule has 0 saturated heterocycles. The van der Waals surface area contributed by atoms with E-state index in [0.29, 0.717) is 0 Å². The maximum Gasteiger partial charge on any atom is 0.179 e. The standard InChI is InChI=1S/C16H31ClN2/c1-3-4-5-6-7-8-9-10-11-12-13-19-15-14-18(2)16(19)17/h14-16H,3-13H2,1-2H3. The van der Waals surface area contributed by atoms with Gasteiger partial charge in [-0.15, -0.1) is 0 Å². The molecule has 0 aromatic carbocycles. The lowest BCUT2D eigenvalue weighted by Crippen LogP contribution is -2.31. The monoisotopic (exact) mass is 286 g/mol. The highest BCUT2D eigenvalue weighted by atomic mass is 35.5. The van der Waals surface area contributed by atoms with Crippen LogP contribution in [0, 0.1) is 0 Å². The van der Waals surface area contributed by atoms with Crippen LogP contribution >= 0.6 is 11.6 Å². The summed E-state index contributed by atoms with van der Waals surface area (Å²) < 4.78 is 0. The third-order valence-electron chi connectivity index (χ3n) is 3.87. The first-order valence-electron chi connectivity index (χ1n) is 8.05. The maximum absolute atomic E-state index is 6.24. The number of unbranched alkanes of at least 4 members (excludes halogenated alkanes) is 9. The molecule has 2 nitrogen and oxygen atoms in total. The van der Waals surface area contributed by atoms with Crippen LogP contribution in [0.3, 0.4) is 0 Å². The smallest absolute Gasteiger partial charge is 0.179 e. The Morgan fingerprint density at radius 2 is 1.37 bits per heavy atom. The normalized spacial score (nSPS) is 18.6. The molecule has 0 spiro atoms. The SMILES string of the molecule is CCCCCCCCCCCCN1C=CN(C)C1Cl. The van der Waals surface area contributed by atoms with Crippen molar-refractivity contribution in [3.63, 3.8) is 0 Å². The van der Waals surface area contributed by atoms with E-state index < -0.39 is 0 Å². The van der Waals surface area contributed by atoms with Crippen LogP contribution in [0.1, 0.15) is 71.1 Å². The van der Waals surface area contributed by atoms with E-state index in [9.17, 15) is 0 Å². The van der Waals surface area contributed by atoms with E-state index in [2.05, 4.69) is 18.0 Å². The predicted octanol–water partition coefficient (Wildman–Crippen LogP) is 5.15. The Kier molecular flexibility index (Phi) is 9.15. The summed E-state index contributed by atoms with van der Waals surface area (Å²) >= 11 is 6.24. The van der Waals surface area contributed by atoms with Gasteiger partial charge in [0, 0.05) is 26.0 Å². The molecule has 1 heterocycles. The quantitative estimate of drug-likeness (QED) is 0.294. The van der Waals surface area contributed by atoms with E-state index in [4.69, 9.17) is 11.6 Å². The van der Waals surface area contributed by atoms with E-state index in [1.807, 2.05) is 18.1 Å². The van der Waals surface area contributed by atoms with Gasteiger partial charge in [0.05, 0.1) is 0 Å². The van der Waals surface area contributed by atoms with Gasteiger partial charge in [-0.25, -0.2) is 0 Å². The lowest BCUT2D eigenvalue weighted by molar-refractivity contribution is 0.251. The zero-order valence-electron chi connectivity index (χ0n) is 12.8. The molecule has 0 aromatic rings. The number of hydrogen-bond donors (Lipinski definition) is 0. The molecular weight excluding hydrogens is 256 g/mol. The third kappa shape index (κ3) is 7.10. The highest BCUT2D eigenvalue weighted by Crippen LogP contribution is 2.18. The van der Waals surface area contributed by atoms with Crippen molar-refractivity contribution < 1.29 is 0 Å². The molecule has 1 unspecified atom stereocenters. The van der Waals surface area contributed by atoms with Gasteiger partial charge in [-0.3, -0.25) is 0 Å². The number of rotatable bonds is 11. The summed E-state index contributed by atoms with van der Waals surface area (Å²) in [5.41, 5.74) is 0.0264. The molecule has 0 saturated carbocycles. The van der Waals surface area contributed by atoms with Gasteiger partial charge in [0.25, 0.3) is 0 Å². The number of halogens is 1. The Morgan fingerprint density at radius 3 is 1.84 bits per heavy atom. The van der Waals surface area contributed by atoms with Crippen LogP contribution in [0.4, 0.5) is 0 Å². The molecule has 0 fully saturated rings. The first kappa shape index (κ1) is 16.7. The topological polar surface area (TPSA) is 6.48 Å². The van der Waals surface area contributed by atoms with Gasteiger partial charge in [-0.2, -0.15) is 0 Å².